The lowest BCUT2D eigenvalue weighted by Gasteiger charge is -2.34. The summed E-state index contributed by atoms with van der Waals surface area (Å²) >= 11 is 6.12. The zero-order chi connectivity index (χ0) is 13.3. The molecule has 1 aromatic carbocycles. The smallest absolute Gasteiger partial charge is 0.256 e. The Bertz CT molecular complexity index is 463. The Kier molecular flexibility index (Phi) is 3.91. The average Bonchev–Trinajstić information content (AvgIpc) is 2.32. The summed E-state index contributed by atoms with van der Waals surface area (Å²) in [4.78, 5) is 13.9. The zero-order valence-corrected chi connectivity index (χ0v) is 11.4. The van der Waals surface area contributed by atoms with Gasteiger partial charge in [-0.1, -0.05) is 13.0 Å². The van der Waals surface area contributed by atoms with E-state index in [2.05, 4.69) is 0 Å². The Hall–Kier alpha value is -1.09. The van der Waals surface area contributed by atoms with Crippen molar-refractivity contribution < 1.29 is 9.18 Å². The second-order valence-electron chi connectivity index (χ2n) is 5.02. The summed E-state index contributed by atoms with van der Waals surface area (Å²) in [6.07, 6.45) is 0.766. The molecule has 2 unspecified atom stereocenters. The molecule has 2 nitrogen and oxygen atoms in total. The van der Waals surface area contributed by atoms with Crippen molar-refractivity contribution in [3.8, 4) is 0 Å². The van der Waals surface area contributed by atoms with Gasteiger partial charge in [0, 0.05) is 18.5 Å². The van der Waals surface area contributed by atoms with E-state index in [1.54, 1.807) is 24.0 Å². The van der Waals surface area contributed by atoms with E-state index in [-0.39, 0.29) is 22.8 Å². The Labute approximate surface area is 112 Å². The van der Waals surface area contributed by atoms with Gasteiger partial charge in [0.25, 0.3) is 5.91 Å². The number of rotatable bonds is 1. The van der Waals surface area contributed by atoms with Crippen molar-refractivity contribution in [1.29, 1.82) is 0 Å². The molecule has 0 aliphatic carbocycles. The molecule has 0 spiro atoms. The number of carbonyl (C=O) groups is 1. The second-order valence-corrected chi connectivity index (χ2v) is 5.58. The van der Waals surface area contributed by atoms with Gasteiger partial charge in [0.15, 0.2) is 0 Å². The van der Waals surface area contributed by atoms with Gasteiger partial charge < -0.3 is 4.90 Å². The van der Waals surface area contributed by atoms with E-state index in [0.29, 0.717) is 13.1 Å². The lowest BCUT2D eigenvalue weighted by atomic mass is 9.98. The Morgan fingerprint density at radius 2 is 2.22 bits per heavy atom. The normalized spacial score (nSPS) is 24.1. The van der Waals surface area contributed by atoms with Gasteiger partial charge in [-0.25, -0.2) is 4.39 Å². The summed E-state index contributed by atoms with van der Waals surface area (Å²) in [6.45, 7) is 5.02. The first kappa shape index (κ1) is 13.3. The average molecular weight is 270 g/mol. The molecule has 1 aliphatic rings. The topological polar surface area (TPSA) is 20.3 Å². The minimum absolute atomic E-state index is 0.108. The maximum Gasteiger partial charge on any atom is 0.256 e. The van der Waals surface area contributed by atoms with Gasteiger partial charge in [-0.15, -0.1) is 11.6 Å². The molecule has 1 aliphatic heterocycles. The molecule has 0 radical (unpaired) electrons. The first-order valence-electron chi connectivity index (χ1n) is 6.18. The highest BCUT2D eigenvalue weighted by Gasteiger charge is 2.28. The number of halogens is 2. The molecular formula is C14H17ClFNO. The number of likely N-dealkylation sites (tertiary alicyclic amines) is 1. The number of benzene rings is 1. The van der Waals surface area contributed by atoms with E-state index in [1.807, 2.05) is 6.92 Å². The zero-order valence-electron chi connectivity index (χ0n) is 10.6. The highest BCUT2D eigenvalue weighted by atomic mass is 35.5. The molecule has 4 heteroatoms. The van der Waals surface area contributed by atoms with Gasteiger partial charge in [-0.3, -0.25) is 4.79 Å². The van der Waals surface area contributed by atoms with Crippen LogP contribution in [-0.2, 0) is 0 Å². The fraction of sp³-hybridized carbons (Fsp3) is 0.500. The molecule has 0 bridgehead atoms. The minimum Gasteiger partial charge on any atom is -0.338 e. The minimum atomic E-state index is -0.444. The third kappa shape index (κ3) is 2.66. The number of amides is 1. The molecule has 1 amide bonds. The van der Waals surface area contributed by atoms with Crippen LogP contribution in [0.25, 0.3) is 0 Å². The number of nitrogens with zero attached hydrogens (tertiary/aromatic N) is 1. The van der Waals surface area contributed by atoms with Crippen LogP contribution in [0, 0.1) is 18.7 Å². The molecule has 2 rings (SSSR count). The van der Waals surface area contributed by atoms with Crippen molar-refractivity contribution in [2.24, 2.45) is 5.92 Å². The van der Waals surface area contributed by atoms with Gasteiger partial charge in [0.2, 0.25) is 0 Å². The third-order valence-corrected chi connectivity index (χ3v) is 4.09. The molecule has 1 aromatic rings. The Morgan fingerprint density at radius 1 is 1.50 bits per heavy atom. The molecule has 98 valence electrons. The first-order valence-corrected chi connectivity index (χ1v) is 6.62. The van der Waals surface area contributed by atoms with Crippen molar-refractivity contribution in [2.75, 3.05) is 13.1 Å². The van der Waals surface area contributed by atoms with E-state index >= 15 is 0 Å². The first-order chi connectivity index (χ1) is 8.49. The van der Waals surface area contributed by atoms with Crippen molar-refractivity contribution >= 4 is 17.5 Å². The number of hydrogen-bond donors (Lipinski definition) is 0. The highest BCUT2D eigenvalue weighted by molar-refractivity contribution is 6.20. The van der Waals surface area contributed by atoms with E-state index in [1.165, 1.54) is 6.07 Å². The van der Waals surface area contributed by atoms with Crippen LogP contribution < -0.4 is 0 Å². The van der Waals surface area contributed by atoms with Crippen LogP contribution in [0.2, 0.25) is 0 Å². The number of hydrogen-bond acceptors (Lipinski definition) is 1. The van der Waals surface area contributed by atoms with Gasteiger partial charge >= 0.3 is 0 Å². The van der Waals surface area contributed by atoms with Crippen molar-refractivity contribution in [2.45, 2.75) is 25.6 Å². The number of aryl methyl sites for hydroxylation is 1. The van der Waals surface area contributed by atoms with Gasteiger partial charge in [0.05, 0.1) is 5.56 Å². The van der Waals surface area contributed by atoms with E-state index in [9.17, 15) is 9.18 Å². The summed E-state index contributed by atoms with van der Waals surface area (Å²) in [5, 5.41) is 0.108. The molecule has 2 atom stereocenters. The SMILES string of the molecule is Cc1ccc(C(=O)N2CCC(Cl)C(C)C2)c(F)c1. The predicted octanol–water partition coefficient (Wildman–Crippen LogP) is 3.22. The van der Waals surface area contributed by atoms with Gasteiger partial charge in [0.1, 0.15) is 5.82 Å². The monoisotopic (exact) mass is 269 g/mol. The van der Waals surface area contributed by atoms with E-state index < -0.39 is 5.82 Å². The number of piperidine rings is 1. The lowest BCUT2D eigenvalue weighted by Crippen LogP contribution is -2.43. The fourth-order valence-corrected chi connectivity index (χ4v) is 2.44. The molecule has 18 heavy (non-hydrogen) atoms. The van der Waals surface area contributed by atoms with Crippen molar-refractivity contribution in [3.63, 3.8) is 0 Å². The van der Waals surface area contributed by atoms with E-state index in [0.717, 1.165) is 12.0 Å². The van der Waals surface area contributed by atoms with Crippen LogP contribution in [0.3, 0.4) is 0 Å². The summed E-state index contributed by atoms with van der Waals surface area (Å²) in [7, 11) is 0. The maximum atomic E-state index is 13.8. The second kappa shape index (κ2) is 5.27. The molecule has 0 N–H and O–H groups in total. The summed E-state index contributed by atoms with van der Waals surface area (Å²) in [6, 6.07) is 4.71. The van der Waals surface area contributed by atoms with Crippen LogP contribution in [0.5, 0.6) is 0 Å². The standard InChI is InChI=1S/C14H17ClFNO/c1-9-3-4-11(13(16)7-9)14(18)17-6-5-12(15)10(2)8-17/h3-4,7,10,12H,5-6,8H2,1-2H3. The Balaban J connectivity index is 2.16. The summed E-state index contributed by atoms with van der Waals surface area (Å²) < 4.78 is 13.8. The summed E-state index contributed by atoms with van der Waals surface area (Å²) in [5.41, 5.74) is 0.970. The molecule has 1 fully saturated rings. The molecule has 1 saturated heterocycles. The van der Waals surface area contributed by atoms with Crippen LogP contribution >= 0.6 is 11.6 Å². The maximum absolute atomic E-state index is 13.8. The van der Waals surface area contributed by atoms with Crippen LogP contribution in [0.15, 0.2) is 18.2 Å². The quantitative estimate of drug-likeness (QED) is 0.717. The van der Waals surface area contributed by atoms with Crippen LogP contribution in [-0.4, -0.2) is 29.3 Å². The summed E-state index contributed by atoms with van der Waals surface area (Å²) in [5.74, 6) is -0.429. The lowest BCUT2D eigenvalue weighted by molar-refractivity contribution is 0.0682. The molecular weight excluding hydrogens is 253 g/mol. The number of carbonyl (C=O) groups excluding carboxylic acids is 1. The predicted molar refractivity (Wildman–Crippen MR) is 70.5 cm³/mol. The fourth-order valence-electron chi connectivity index (χ4n) is 2.27. The van der Waals surface area contributed by atoms with Crippen LogP contribution in [0.4, 0.5) is 4.39 Å². The van der Waals surface area contributed by atoms with Gasteiger partial charge in [-0.2, -0.15) is 0 Å². The van der Waals surface area contributed by atoms with Crippen molar-refractivity contribution in [3.05, 3.63) is 35.1 Å². The molecule has 0 aromatic heterocycles. The highest BCUT2D eigenvalue weighted by Crippen LogP contribution is 2.23. The van der Waals surface area contributed by atoms with E-state index in [4.69, 9.17) is 11.6 Å². The van der Waals surface area contributed by atoms with Gasteiger partial charge in [-0.05, 0) is 37.0 Å². The largest absolute Gasteiger partial charge is 0.338 e. The third-order valence-electron chi connectivity index (χ3n) is 3.44. The molecule has 0 saturated carbocycles. The Morgan fingerprint density at radius 3 is 2.83 bits per heavy atom. The number of alkyl halides is 1. The molecule has 1 heterocycles. The van der Waals surface area contributed by atoms with Crippen molar-refractivity contribution in [1.82, 2.24) is 4.90 Å². The van der Waals surface area contributed by atoms with Crippen LogP contribution in [0.1, 0.15) is 29.3 Å².